The van der Waals surface area contributed by atoms with Crippen LogP contribution in [0.5, 0.6) is 0 Å². The first-order chi connectivity index (χ1) is 17.2. The molecule has 0 radical (unpaired) electrons. The number of carboxylic acid groups (broad SMARTS) is 1. The van der Waals surface area contributed by atoms with Crippen molar-refractivity contribution in [2.75, 3.05) is 32.8 Å². The van der Waals surface area contributed by atoms with E-state index in [4.69, 9.17) is 9.84 Å². The monoisotopic (exact) mass is 497 g/mol. The number of ether oxygens (including phenoxy) is 1. The van der Waals surface area contributed by atoms with Gasteiger partial charge in [0, 0.05) is 43.9 Å². The maximum absolute atomic E-state index is 13.2. The summed E-state index contributed by atoms with van der Waals surface area (Å²) in [5.74, 6) is -1.70. The molecule has 0 aliphatic carbocycles. The van der Waals surface area contributed by atoms with Gasteiger partial charge in [0.15, 0.2) is 5.82 Å². The van der Waals surface area contributed by atoms with E-state index in [2.05, 4.69) is 15.3 Å². The fraction of sp³-hybridized carbons (Fsp3) is 0.440. The number of aliphatic carboxylic acids is 1. The van der Waals surface area contributed by atoms with E-state index in [1.54, 1.807) is 13.8 Å². The highest BCUT2D eigenvalue weighted by molar-refractivity contribution is 5.96. The number of rotatable bonds is 8. The summed E-state index contributed by atoms with van der Waals surface area (Å²) >= 11 is 0. The Morgan fingerprint density at radius 1 is 1.03 bits per heavy atom. The number of hydrogen-bond donors (Lipinski definition) is 2. The van der Waals surface area contributed by atoms with E-state index < -0.39 is 29.9 Å². The Hall–Kier alpha value is -4.02. The molecule has 2 N–H and O–H groups in total. The first kappa shape index (κ1) is 26.6. The molecule has 3 amide bonds. The average molecular weight is 498 g/mol. The van der Waals surface area contributed by atoms with Gasteiger partial charge < -0.3 is 25.0 Å². The quantitative estimate of drug-likeness (QED) is 0.564. The van der Waals surface area contributed by atoms with Gasteiger partial charge in [0.25, 0.3) is 5.91 Å². The van der Waals surface area contributed by atoms with Gasteiger partial charge in [-0.25, -0.2) is 14.8 Å². The number of piperazine rings is 1. The molecule has 192 valence electrons. The van der Waals surface area contributed by atoms with Gasteiger partial charge in [0.05, 0.1) is 6.61 Å². The predicted octanol–water partition coefficient (Wildman–Crippen LogP) is 2.02. The minimum Gasteiger partial charge on any atom is -0.481 e. The second-order valence-corrected chi connectivity index (χ2v) is 8.55. The van der Waals surface area contributed by atoms with Crippen molar-refractivity contribution in [1.29, 1.82) is 0 Å². The molecule has 1 fully saturated rings. The first-order valence-corrected chi connectivity index (χ1v) is 11.8. The first-order valence-electron chi connectivity index (χ1n) is 11.8. The van der Waals surface area contributed by atoms with E-state index in [-0.39, 0.29) is 51.3 Å². The highest BCUT2D eigenvalue weighted by Crippen LogP contribution is 2.17. The van der Waals surface area contributed by atoms with Gasteiger partial charge >= 0.3 is 12.1 Å². The molecule has 1 aliphatic rings. The molecular formula is C25H31N5O6. The third-order valence-electron chi connectivity index (χ3n) is 5.76. The Balaban J connectivity index is 1.74. The number of nitrogens with one attached hydrogen (secondary N) is 1. The largest absolute Gasteiger partial charge is 0.481 e. The Labute approximate surface area is 209 Å². The normalized spacial score (nSPS) is 14.2. The average Bonchev–Trinajstić information content (AvgIpc) is 2.86. The Kier molecular flexibility index (Phi) is 8.93. The molecular weight excluding hydrogens is 466 g/mol. The van der Waals surface area contributed by atoms with E-state index in [0.29, 0.717) is 11.5 Å². The molecule has 1 saturated heterocycles. The molecule has 1 unspecified atom stereocenters. The van der Waals surface area contributed by atoms with Crippen LogP contribution in [0.2, 0.25) is 0 Å². The highest BCUT2D eigenvalue weighted by Gasteiger charge is 2.31. The van der Waals surface area contributed by atoms with Crippen LogP contribution in [0.3, 0.4) is 0 Å². The van der Waals surface area contributed by atoms with Crippen molar-refractivity contribution >= 4 is 23.9 Å². The number of carbonyl (C=O) groups excluding carboxylic acids is 3. The lowest BCUT2D eigenvalue weighted by atomic mass is 10.1. The number of carbonyl (C=O) groups is 4. The molecule has 11 heteroatoms. The van der Waals surface area contributed by atoms with Crippen LogP contribution in [0, 0.1) is 13.8 Å². The number of aromatic nitrogens is 2. The summed E-state index contributed by atoms with van der Waals surface area (Å²) in [6.07, 6.45) is -0.812. The van der Waals surface area contributed by atoms with Crippen molar-refractivity contribution < 1.29 is 29.0 Å². The second-order valence-electron chi connectivity index (χ2n) is 8.55. The zero-order valence-electron chi connectivity index (χ0n) is 20.7. The van der Waals surface area contributed by atoms with Crippen LogP contribution in [-0.4, -0.2) is 87.6 Å². The Morgan fingerprint density at radius 2 is 1.67 bits per heavy atom. The van der Waals surface area contributed by atoms with Gasteiger partial charge in [0.1, 0.15) is 11.7 Å². The van der Waals surface area contributed by atoms with E-state index in [9.17, 15) is 19.2 Å². The van der Waals surface area contributed by atoms with Crippen molar-refractivity contribution in [2.24, 2.45) is 0 Å². The van der Waals surface area contributed by atoms with Crippen LogP contribution in [0.15, 0.2) is 30.3 Å². The Morgan fingerprint density at radius 3 is 2.28 bits per heavy atom. The van der Waals surface area contributed by atoms with E-state index in [1.807, 2.05) is 31.2 Å². The second kappa shape index (κ2) is 12.1. The number of amides is 3. The smallest absolute Gasteiger partial charge is 0.409 e. The number of hydrogen-bond acceptors (Lipinski definition) is 7. The molecule has 1 atom stereocenters. The van der Waals surface area contributed by atoms with Crippen LogP contribution in [0.4, 0.5) is 4.79 Å². The zero-order chi connectivity index (χ0) is 26.2. The van der Waals surface area contributed by atoms with Crippen molar-refractivity contribution in [1.82, 2.24) is 25.1 Å². The van der Waals surface area contributed by atoms with Crippen molar-refractivity contribution in [2.45, 2.75) is 39.7 Å². The summed E-state index contributed by atoms with van der Waals surface area (Å²) in [5.41, 5.74) is 2.48. The summed E-state index contributed by atoms with van der Waals surface area (Å²) in [5, 5.41) is 11.8. The van der Waals surface area contributed by atoms with Crippen LogP contribution in [0.25, 0.3) is 11.4 Å². The third-order valence-corrected chi connectivity index (χ3v) is 5.76. The van der Waals surface area contributed by atoms with Gasteiger partial charge in [-0.3, -0.25) is 14.4 Å². The van der Waals surface area contributed by atoms with Gasteiger partial charge in [-0.1, -0.05) is 29.8 Å². The van der Waals surface area contributed by atoms with Gasteiger partial charge in [-0.05, 0) is 33.3 Å². The van der Waals surface area contributed by atoms with Crippen molar-refractivity contribution in [3.05, 3.63) is 47.3 Å². The maximum atomic E-state index is 13.2. The minimum atomic E-state index is -1.08. The lowest BCUT2D eigenvalue weighted by Crippen LogP contribution is -2.56. The molecule has 3 rings (SSSR count). The molecule has 11 nitrogen and oxygen atoms in total. The van der Waals surface area contributed by atoms with E-state index in [0.717, 1.165) is 11.1 Å². The lowest BCUT2D eigenvalue weighted by molar-refractivity contribution is -0.138. The lowest BCUT2D eigenvalue weighted by Gasteiger charge is -2.35. The summed E-state index contributed by atoms with van der Waals surface area (Å²) in [6, 6.07) is 8.03. The number of benzene rings is 1. The minimum absolute atomic E-state index is 0.0765. The molecule has 2 aromatic rings. The number of carboxylic acids is 1. The summed E-state index contributed by atoms with van der Waals surface area (Å²) in [6.45, 7) is 6.76. The summed E-state index contributed by atoms with van der Waals surface area (Å²) in [4.78, 5) is 61.3. The van der Waals surface area contributed by atoms with Crippen molar-refractivity contribution in [3.63, 3.8) is 0 Å². The van der Waals surface area contributed by atoms with Crippen LogP contribution >= 0.6 is 0 Å². The standard InChI is InChI=1S/C25H31N5O6/c1-4-36-25(35)30-13-11-29(12-14-30)24(34)19(9-10-21(31)32)28-23(33)20-15-17(3)26-22(27-20)18-7-5-16(2)6-8-18/h5-8,15,19H,4,9-14H2,1-3H3,(H,28,33)(H,31,32). The topological polar surface area (TPSA) is 142 Å². The van der Waals surface area contributed by atoms with Crippen LogP contribution < -0.4 is 5.32 Å². The van der Waals surface area contributed by atoms with Gasteiger partial charge in [-0.2, -0.15) is 0 Å². The third kappa shape index (κ3) is 7.00. The SMILES string of the molecule is CCOC(=O)N1CCN(C(=O)C(CCC(=O)O)NC(=O)c2cc(C)nc(-c3ccc(C)cc3)n2)CC1. The fourth-order valence-corrected chi connectivity index (χ4v) is 3.82. The van der Waals surface area contributed by atoms with E-state index in [1.165, 1.54) is 15.9 Å². The van der Waals surface area contributed by atoms with Crippen LogP contribution in [0.1, 0.15) is 41.5 Å². The molecule has 0 saturated carbocycles. The summed E-state index contributed by atoms with van der Waals surface area (Å²) < 4.78 is 5.00. The molecule has 0 bridgehead atoms. The zero-order valence-corrected chi connectivity index (χ0v) is 20.7. The molecule has 1 aromatic heterocycles. The highest BCUT2D eigenvalue weighted by atomic mass is 16.6. The van der Waals surface area contributed by atoms with Crippen molar-refractivity contribution in [3.8, 4) is 11.4 Å². The van der Waals surface area contributed by atoms with Gasteiger partial charge in [0.2, 0.25) is 5.91 Å². The van der Waals surface area contributed by atoms with Crippen LogP contribution in [-0.2, 0) is 14.3 Å². The molecule has 1 aliphatic heterocycles. The summed E-state index contributed by atoms with van der Waals surface area (Å²) in [7, 11) is 0. The molecule has 36 heavy (non-hydrogen) atoms. The molecule has 1 aromatic carbocycles. The van der Waals surface area contributed by atoms with E-state index >= 15 is 0 Å². The molecule has 2 heterocycles. The fourth-order valence-electron chi connectivity index (χ4n) is 3.82. The number of nitrogens with zero attached hydrogens (tertiary/aromatic N) is 4. The molecule has 0 spiro atoms. The number of aryl methyl sites for hydroxylation is 2. The van der Waals surface area contributed by atoms with Gasteiger partial charge in [-0.15, -0.1) is 0 Å². The predicted molar refractivity (Wildman–Crippen MR) is 130 cm³/mol. The Bertz CT molecular complexity index is 1110. The maximum Gasteiger partial charge on any atom is 0.409 e.